The van der Waals surface area contributed by atoms with Gasteiger partial charge >= 0.3 is 18.7 Å². The monoisotopic (exact) mass is 257 g/mol. The van der Waals surface area contributed by atoms with E-state index >= 15 is 0 Å². The molecule has 8 heteroatoms. The Bertz CT molecular complexity index is 240. The maximum Gasteiger partial charge on any atom is 0.405 e. The number of primary amides is 1. The Hall–Kier alpha value is -1.44. The Labute approximate surface area is 97.7 Å². The van der Waals surface area contributed by atoms with Crippen molar-refractivity contribution in [2.24, 2.45) is 5.73 Å². The summed E-state index contributed by atoms with van der Waals surface area (Å²) >= 11 is 0. The molecule has 0 aromatic carbocycles. The Morgan fingerprint density at radius 3 is 2.00 bits per heavy atom. The summed E-state index contributed by atoms with van der Waals surface area (Å²) in [6.07, 6.45) is -1.11. The molecule has 0 unspecified atom stereocenters. The molecule has 3 N–H and O–H groups in total. The number of rotatable bonds is 4. The van der Waals surface area contributed by atoms with Crippen LogP contribution in [0.3, 0.4) is 0 Å². The summed E-state index contributed by atoms with van der Waals surface area (Å²) in [5.41, 5.74) is 4.26. The van der Waals surface area contributed by atoms with E-state index in [4.69, 9.17) is 10.8 Å². The molecule has 0 rings (SSSR count). The van der Waals surface area contributed by atoms with Crippen molar-refractivity contribution in [1.82, 2.24) is 0 Å². The number of carbonyl (C=O) groups excluding carboxylic acids is 1. The van der Waals surface area contributed by atoms with Crippen molar-refractivity contribution in [3.63, 3.8) is 0 Å². The summed E-state index contributed by atoms with van der Waals surface area (Å²) in [6.45, 7) is 1.98. The molecule has 0 radical (unpaired) electrons. The summed E-state index contributed by atoms with van der Waals surface area (Å²) in [5.74, 6) is -1.14. The molecule has 0 heterocycles. The number of ether oxygens (including phenoxy) is 2. The Kier molecular flexibility index (Phi) is 9.16. The average Bonchev–Trinajstić information content (AvgIpc) is 1.97. The topological polar surface area (TPSA) is 98.9 Å². The highest BCUT2D eigenvalue weighted by molar-refractivity contribution is 5.66. The van der Waals surface area contributed by atoms with Crippen LogP contribution < -0.4 is 5.73 Å². The molecular weight excluding hydrogens is 240 g/mol. The number of halogens is 2. The molecule has 0 aliphatic rings. The molecule has 0 saturated heterocycles. The Morgan fingerprint density at radius 2 is 1.82 bits per heavy atom. The van der Waals surface area contributed by atoms with Crippen molar-refractivity contribution in [3.8, 4) is 0 Å². The van der Waals surface area contributed by atoms with E-state index in [2.05, 4.69) is 9.47 Å². The zero-order chi connectivity index (χ0) is 14.1. The molecule has 0 aromatic heterocycles. The Morgan fingerprint density at radius 1 is 1.35 bits per heavy atom. The zero-order valence-electron chi connectivity index (χ0n) is 9.91. The van der Waals surface area contributed by atoms with Crippen LogP contribution in [0.2, 0.25) is 0 Å². The fourth-order valence-electron chi connectivity index (χ4n) is 0.537. The van der Waals surface area contributed by atoms with Gasteiger partial charge in [-0.25, -0.2) is 4.79 Å². The molecule has 0 aliphatic heterocycles. The van der Waals surface area contributed by atoms with E-state index < -0.39 is 30.9 Å². The summed E-state index contributed by atoms with van der Waals surface area (Å²) < 4.78 is 30.4. The molecule has 6 nitrogen and oxygen atoms in total. The second-order valence-electron chi connectivity index (χ2n) is 3.81. The molecule has 0 fully saturated rings. The van der Waals surface area contributed by atoms with Gasteiger partial charge < -0.3 is 20.3 Å². The first kappa shape index (κ1) is 17.9. The largest absolute Gasteiger partial charge is 0.481 e. The number of carboxylic acids is 1. The van der Waals surface area contributed by atoms with Gasteiger partial charge in [0.25, 0.3) is 0 Å². The summed E-state index contributed by atoms with van der Waals surface area (Å²) in [6, 6.07) is 0. The van der Waals surface area contributed by atoms with Crippen LogP contribution in [0.15, 0.2) is 0 Å². The van der Waals surface area contributed by atoms with E-state index in [1.165, 1.54) is 0 Å². The minimum atomic E-state index is -2.87. The van der Waals surface area contributed by atoms with Crippen LogP contribution in [-0.2, 0) is 14.3 Å². The first-order valence-corrected chi connectivity index (χ1v) is 4.64. The van der Waals surface area contributed by atoms with Gasteiger partial charge in [-0.15, -0.1) is 0 Å². The third-order valence-corrected chi connectivity index (χ3v) is 0.967. The van der Waals surface area contributed by atoms with Crippen LogP contribution in [0.4, 0.5) is 13.6 Å². The predicted octanol–water partition coefficient (Wildman–Crippen LogP) is 1.58. The third kappa shape index (κ3) is 25.1. The zero-order valence-corrected chi connectivity index (χ0v) is 9.91. The smallest absolute Gasteiger partial charge is 0.405 e. The van der Waals surface area contributed by atoms with Gasteiger partial charge in [-0.3, -0.25) is 4.79 Å². The number of nitrogens with two attached hydrogens (primary N) is 1. The molecule has 0 atom stereocenters. The van der Waals surface area contributed by atoms with Crippen LogP contribution in [0.25, 0.3) is 0 Å². The highest BCUT2D eigenvalue weighted by atomic mass is 19.3. The van der Waals surface area contributed by atoms with Crippen LogP contribution >= 0.6 is 0 Å². The molecule has 102 valence electrons. The van der Waals surface area contributed by atoms with Crippen LogP contribution in [0.5, 0.6) is 0 Å². The van der Waals surface area contributed by atoms with E-state index in [9.17, 15) is 18.4 Å². The molecule has 17 heavy (non-hydrogen) atoms. The maximum absolute atomic E-state index is 11.1. The first-order valence-electron chi connectivity index (χ1n) is 4.64. The van der Waals surface area contributed by atoms with E-state index in [1.54, 1.807) is 20.8 Å². The minimum Gasteiger partial charge on any atom is -0.481 e. The van der Waals surface area contributed by atoms with Crippen LogP contribution in [0, 0.1) is 0 Å². The van der Waals surface area contributed by atoms with E-state index in [-0.39, 0.29) is 6.42 Å². The van der Waals surface area contributed by atoms with Gasteiger partial charge in [-0.05, 0) is 20.8 Å². The lowest BCUT2D eigenvalue weighted by atomic mass is 10.2. The standard InChI is InChI=1S/C5H11NO2.C4H6F2O3/c1-5(2,3)8-4(6)7;5-4(6)9-2-1-3(7)8/h1-3H3,(H2,6,7);4H,1-2H2,(H,7,8). The molecule has 1 amide bonds. The number of carboxylic acid groups (broad SMARTS) is 1. The van der Waals surface area contributed by atoms with Crippen LogP contribution in [-0.4, -0.2) is 36.0 Å². The quantitative estimate of drug-likeness (QED) is 0.796. The lowest BCUT2D eigenvalue weighted by Gasteiger charge is -2.16. The number of hydrogen-bond acceptors (Lipinski definition) is 4. The predicted molar refractivity (Wildman–Crippen MR) is 54.6 cm³/mol. The molecule has 0 bridgehead atoms. The van der Waals surface area contributed by atoms with Crippen molar-refractivity contribution >= 4 is 12.1 Å². The molecule has 0 aromatic rings. The SMILES string of the molecule is CC(C)(C)OC(N)=O.O=C(O)CCOC(F)F. The minimum absolute atomic E-state index is 0.385. The fourth-order valence-corrected chi connectivity index (χ4v) is 0.537. The second kappa shape index (κ2) is 8.68. The van der Waals surface area contributed by atoms with E-state index in [1.807, 2.05) is 0 Å². The highest BCUT2D eigenvalue weighted by Crippen LogP contribution is 2.04. The lowest BCUT2D eigenvalue weighted by Crippen LogP contribution is -2.27. The highest BCUT2D eigenvalue weighted by Gasteiger charge is 2.12. The molecular formula is C9H17F2NO5. The molecule has 0 spiro atoms. The lowest BCUT2D eigenvalue weighted by molar-refractivity contribution is -0.148. The normalized spacial score (nSPS) is 10.5. The van der Waals surface area contributed by atoms with Crippen molar-refractivity contribution in [1.29, 1.82) is 0 Å². The van der Waals surface area contributed by atoms with Gasteiger partial charge in [0, 0.05) is 0 Å². The Balaban J connectivity index is 0. The average molecular weight is 257 g/mol. The maximum atomic E-state index is 11.1. The van der Waals surface area contributed by atoms with E-state index in [0.717, 1.165) is 0 Å². The number of hydrogen-bond donors (Lipinski definition) is 2. The van der Waals surface area contributed by atoms with Gasteiger partial charge in [-0.2, -0.15) is 8.78 Å². The molecule has 0 saturated carbocycles. The number of carbonyl (C=O) groups is 2. The van der Waals surface area contributed by atoms with Gasteiger partial charge in [0.2, 0.25) is 0 Å². The fraction of sp³-hybridized carbons (Fsp3) is 0.778. The van der Waals surface area contributed by atoms with Crippen molar-refractivity contribution in [2.45, 2.75) is 39.4 Å². The van der Waals surface area contributed by atoms with Gasteiger partial charge in [-0.1, -0.05) is 0 Å². The van der Waals surface area contributed by atoms with Crippen molar-refractivity contribution in [2.75, 3.05) is 6.61 Å². The van der Waals surface area contributed by atoms with Gasteiger partial charge in [0.05, 0.1) is 13.0 Å². The number of amides is 1. The summed E-state index contributed by atoms with van der Waals surface area (Å²) in [7, 11) is 0. The third-order valence-electron chi connectivity index (χ3n) is 0.967. The van der Waals surface area contributed by atoms with Gasteiger partial charge in [0.1, 0.15) is 5.60 Å². The number of aliphatic carboxylic acids is 1. The van der Waals surface area contributed by atoms with Gasteiger partial charge in [0.15, 0.2) is 0 Å². The van der Waals surface area contributed by atoms with Crippen molar-refractivity contribution in [3.05, 3.63) is 0 Å². The van der Waals surface area contributed by atoms with E-state index in [0.29, 0.717) is 0 Å². The van der Waals surface area contributed by atoms with Crippen molar-refractivity contribution < 1.29 is 33.0 Å². The molecule has 0 aliphatic carbocycles. The summed E-state index contributed by atoms with van der Waals surface area (Å²) in [4.78, 5) is 19.7. The summed E-state index contributed by atoms with van der Waals surface area (Å²) in [5, 5.41) is 7.90. The van der Waals surface area contributed by atoms with Crippen LogP contribution in [0.1, 0.15) is 27.2 Å². The number of alkyl halides is 2. The first-order chi connectivity index (χ1) is 7.54. The second-order valence-corrected chi connectivity index (χ2v) is 3.81.